The Morgan fingerprint density at radius 1 is 1.39 bits per heavy atom. The van der Waals surface area contributed by atoms with E-state index in [1.165, 1.54) is 0 Å². The van der Waals surface area contributed by atoms with Gasteiger partial charge in [-0.15, -0.1) is 0 Å². The average Bonchev–Trinajstić information content (AvgIpc) is 2.67. The first-order valence-corrected chi connectivity index (χ1v) is 6.89. The Morgan fingerprint density at radius 3 is 2.67 bits per heavy atom. The summed E-state index contributed by atoms with van der Waals surface area (Å²) in [7, 11) is 0. The highest BCUT2D eigenvalue weighted by atomic mass is 32.2. The fourth-order valence-corrected chi connectivity index (χ4v) is 2.49. The standard InChI is InChI=1S/C13H13NO2S2/c1-2-7-16-10-5-3-9(4-6-10)8-11-12(17)14-13(15)18-11/h3-6,8H,2,7H2,1H3,(H,14,15,17). The van der Waals surface area contributed by atoms with Crippen LogP contribution >= 0.6 is 24.0 Å². The first kappa shape index (κ1) is 13.1. The van der Waals surface area contributed by atoms with Crippen LogP contribution in [0, 0.1) is 0 Å². The molecule has 0 unspecified atom stereocenters. The summed E-state index contributed by atoms with van der Waals surface area (Å²) in [6.45, 7) is 2.79. The zero-order valence-corrected chi connectivity index (χ0v) is 11.6. The third-order valence-corrected chi connectivity index (χ3v) is 3.57. The zero-order chi connectivity index (χ0) is 13.0. The van der Waals surface area contributed by atoms with Crippen molar-refractivity contribution in [1.29, 1.82) is 0 Å². The highest BCUT2D eigenvalue weighted by Gasteiger charge is 2.21. The van der Waals surface area contributed by atoms with Crippen LogP contribution in [0.1, 0.15) is 18.9 Å². The molecule has 0 aliphatic carbocycles. The number of carbonyl (C=O) groups is 1. The van der Waals surface area contributed by atoms with E-state index in [2.05, 4.69) is 12.2 Å². The van der Waals surface area contributed by atoms with Crippen molar-refractivity contribution in [2.45, 2.75) is 13.3 Å². The SMILES string of the molecule is CCCOc1ccc(C=C2SC(=O)NC2=S)cc1. The summed E-state index contributed by atoms with van der Waals surface area (Å²) in [6, 6.07) is 7.73. The second-order valence-corrected chi connectivity index (χ2v) is 5.19. The lowest BCUT2D eigenvalue weighted by atomic mass is 10.2. The maximum Gasteiger partial charge on any atom is 0.289 e. The van der Waals surface area contributed by atoms with Crippen LogP contribution in [0.3, 0.4) is 0 Å². The summed E-state index contributed by atoms with van der Waals surface area (Å²) in [5, 5.41) is 2.47. The summed E-state index contributed by atoms with van der Waals surface area (Å²) >= 11 is 6.18. The third kappa shape index (κ3) is 3.34. The van der Waals surface area contributed by atoms with Gasteiger partial charge in [-0.2, -0.15) is 0 Å². The Morgan fingerprint density at radius 2 is 2.11 bits per heavy atom. The third-order valence-electron chi connectivity index (χ3n) is 2.29. The fraction of sp³-hybridized carbons (Fsp3) is 0.231. The summed E-state index contributed by atoms with van der Waals surface area (Å²) in [4.78, 5) is 12.4. The van der Waals surface area contributed by atoms with E-state index in [1.807, 2.05) is 30.3 Å². The maximum absolute atomic E-state index is 11.1. The van der Waals surface area contributed by atoms with Gasteiger partial charge in [0.25, 0.3) is 5.24 Å². The van der Waals surface area contributed by atoms with Gasteiger partial charge in [0.05, 0.1) is 11.5 Å². The molecule has 1 aliphatic heterocycles. The highest BCUT2D eigenvalue weighted by molar-refractivity contribution is 8.19. The van der Waals surface area contributed by atoms with Gasteiger partial charge in [-0.05, 0) is 42.0 Å². The number of hydrogen-bond donors (Lipinski definition) is 1. The Balaban J connectivity index is 2.08. The van der Waals surface area contributed by atoms with Gasteiger partial charge < -0.3 is 10.1 Å². The largest absolute Gasteiger partial charge is 0.494 e. The van der Waals surface area contributed by atoms with Crippen LogP contribution in [0.4, 0.5) is 4.79 Å². The molecule has 2 rings (SSSR count). The molecule has 1 N–H and O–H groups in total. The molecule has 18 heavy (non-hydrogen) atoms. The van der Waals surface area contributed by atoms with E-state index in [0.29, 0.717) is 4.99 Å². The number of thiocarbonyl (C=S) groups is 1. The van der Waals surface area contributed by atoms with Crippen LogP contribution < -0.4 is 10.1 Å². The molecule has 1 aliphatic rings. The van der Waals surface area contributed by atoms with Gasteiger partial charge in [0.2, 0.25) is 0 Å². The number of amides is 1. The first-order chi connectivity index (χ1) is 8.69. The van der Waals surface area contributed by atoms with E-state index in [4.69, 9.17) is 17.0 Å². The number of hydrogen-bond acceptors (Lipinski definition) is 4. The predicted octanol–water partition coefficient (Wildman–Crippen LogP) is 3.60. The highest BCUT2D eigenvalue weighted by Crippen LogP contribution is 2.27. The van der Waals surface area contributed by atoms with Gasteiger partial charge >= 0.3 is 0 Å². The topological polar surface area (TPSA) is 38.3 Å². The van der Waals surface area contributed by atoms with Crippen molar-refractivity contribution in [3.8, 4) is 5.75 Å². The summed E-state index contributed by atoms with van der Waals surface area (Å²) in [6.07, 6.45) is 2.89. The molecule has 1 amide bonds. The molecule has 0 atom stereocenters. The van der Waals surface area contributed by atoms with Gasteiger partial charge in [0, 0.05) is 0 Å². The average molecular weight is 279 g/mol. The Labute approximate surface area is 116 Å². The summed E-state index contributed by atoms with van der Waals surface area (Å²) in [5.41, 5.74) is 1.00. The van der Waals surface area contributed by atoms with E-state index in [-0.39, 0.29) is 5.24 Å². The van der Waals surface area contributed by atoms with Crippen molar-refractivity contribution in [1.82, 2.24) is 5.32 Å². The zero-order valence-electron chi connectivity index (χ0n) is 9.93. The van der Waals surface area contributed by atoms with E-state index < -0.39 is 0 Å². The number of carbonyl (C=O) groups excluding carboxylic acids is 1. The Kier molecular flexibility index (Phi) is 4.38. The molecule has 1 heterocycles. The normalized spacial score (nSPS) is 17.1. The van der Waals surface area contributed by atoms with E-state index >= 15 is 0 Å². The van der Waals surface area contributed by atoms with Gasteiger partial charge in [-0.1, -0.05) is 31.3 Å². The molecule has 1 fully saturated rings. The number of rotatable bonds is 4. The molecule has 0 saturated carbocycles. The van der Waals surface area contributed by atoms with Crippen LogP contribution in [0.25, 0.3) is 6.08 Å². The lowest BCUT2D eigenvalue weighted by molar-refractivity contribution is 0.265. The van der Waals surface area contributed by atoms with Gasteiger partial charge in [0.15, 0.2) is 0 Å². The smallest absolute Gasteiger partial charge is 0.289 e. The van der Waals surface area contributed by atoms with Crippen LogP contribution in [0.15, 0.2) is 29.2 Å². The molecular formula is C13H13NO2S2. The van der Waals surface area contributed by atoms with Gasteiger partial charge in [-0.3, -0.25) is 4.79 Å². The van der Waals surface area contributed by atoms with Crippen LogP contribution in [0.2, 0.25) is 0 Å². The van der Waals surface area contributed by atoms with Crippen molar-refractivity contribution in [3.63, 3.8) is 0 Å². The lowest BCUT2D eigenvalue weighted by Gasteiger charge is -2.04. The van der Waals surface area contributed by atoms with Crippen LogP contribution in [0.5, 0.6) is 5.75 Å². The molecule has 0 bridgehead atoms. The van der Waals surface area contributed by atoms with Crippen LogP contribution in [-0.4, -0.2) is 16.8 Å². The second kappa shape index (κ2) is 6.02. The number of nitrogens with one attached hydrogen (secondary N) is 1. The molecule has 3 nitrogen and oxygen atoms in total. The molecular weight excluding hydrogens is 266 g/mol. The van der Waals surface area contributed by atoms with Crippen LogP contribution in [-0.2, 0) is 0 Å². The van der Waals surface area contributed by atoms with Crippen molar-refractivity contribution >= 4 is 40.3 Å². The van der Waals surface area contributed by atoms with Gasteiger partial charge in [-0.25, -0.2) is 0 Å². The lowest BCUT2D eigenvalue weighted by Crippen LogP contribution is -2.15. The quantitative estimate of drug-likeness (QED) is 0.675. The fourth-order valence-electron chi connectivity index (χ4n) is 1.45. The molecule has 0 radical (unpaired) electrons. The molecule has 1 saturated heterocycles. The minimum atomic E-state index is -0.117. The Bertz CT molecular complexity index is 494. The van der Waals surface area contributed by atoms with E-state index in [1.54, 1.807) is 0 Å². The molecule has 0 spiro atoms. The monoisotopic (exact) mass is 279 g/mol. The van der Waals surface area contributed by atoms with Crippen molar-refractivity contribution in [3.05, 3.63) is 34.7 Å². The number of benzene rings is 1. The van der Waals surface area contributed by atoms with Crippen molar-refractivity contribution in [2.75, 3.05) is 6.61 Å². The number of ether oxygens (including phenoxy) is 1. The van der Waals surface area contributed by atoms with E-state index in [0.717, 1.165) is 41.0 Å². The second-order valence-electron chi connectivity index (χ2n) is 3.77. The molecule has 1 aromatic rings. The minimum Gasteiger partial charge on any atom is -0.494 e. The Hall–Kier alpha value is -1.33. The molecule has 0 aromatic heterocycles. The van der Waals surface area contributed by atoms with Crippen molar-refractivity contribution in [2.24, 2.45) is 0 Å². The summed E-state index contributed by atoms with van der Waals surface area (Å²) in [5.74, 6) is 0.856. The number of thioether (sulfide) groups is 1. The van der Waals surface area contributed by atoms with Gasteiger partial charge in [0.1, 0.15) is 10.7 Å². The van der Waals surface area contributed by atoms with E-state index in [9.17, 15) is 4.79 Å². The van der Waals surface area contributed by atoms with Crippen molar-refractivity contribution < 1.29 is 9.53 Å². The summed E-state index contributed by atoms with van der Waals surface area (Å²) < 4.78 is 5.50. The minimum absolute atomic E-state index is 0.117. The first-order valence-electron chi connectivity index (χ1n) is 5.67. The maximum atomic E-state index is 11.1. The molecule has 5 heteroatoms. The predicted molar refractivity (Wildman–Crippen MR) is 78.9 cm³/mol. The molecule has 94 valence electrons. The molecule has 1 aromatic carbocycles.